The van der Waals surface area contributed by atoms with E-state index in [2.05, 4.69) is 4.98 Å². The van der Waals surface area contributed by atoms with Crippen molar-refractivity contribution in [2.45, 2.75) is 13.5 Å². The Kier molecular flexibility index (Phi) is 4.96. The van der Waals surface area contributed by atoms with Crippen molar-refractivity contribution < 1.29 is 14.3 Å². The number of carbonyl (C=O) groups is 1. The molecule has 0 radical (unpaired) electrons. The van der Waals surface area contributed by atoms with Crippen molar-refractivity contribution in [3.8, 4) is 5.75 Å². The molecule has 0 saturated carbocycles. The molecule has 2 aromatic rings. The van der Waals surface area contributed by atoms with Crippen LogP contribution >= 0.6 is 11.6 Å². The SMILES string of the molecule is CCOC(=O)c1ccc(OCc2ccc(Cl)nc2)cc1. The number of ether oxygens (including phenoxy) is 2. The van der Waals surface area contributed by atoms with Gasteiger partial charge in [0.1, 0.15) is 17.5 Å². The molecule has 104 valence electrons. The Morgan fingerprint density at radius 3 is 2.55 bits per heavy atom. The molecule has 0 aliphatic carbocycles. The van der Waals surface area contributed by atoms with Crippen LogP contribution in [0.15, 0.2) is 42.6 Å². The lowest BCUT2D eigenvalue weighted by Crippen LogP contribution is -2.04. The third kappa shape index (κ3) is 3.96. The highest BCUT2D eigenvalue weighted by Crippen LogP contribution is 2.15. The van der Waals surface area contributed by atoms with Crippen LogP contribution in [0.25, 0.3) is 0 Å². The van der Waals surface area contributed by atoms with Gasteiger partial charge in [0.05, 0.1) is 12.2 Å². The number of pyridine rings is 1. The number of esters is 1. The van der Waals surface area contributed by atoms with Crippen LogP contribution < -0.4 is 4.74 Å². The van der Waals surface area contributed by atoms with E-state index in [0.29, 0.717) is 29.7 Å². The number of halogens is 1. The van der Waals surface area contributed by atoms with E-state index in [9.17, 15) is 4.79 Å². The molecule has 1 aromatic heterocycles. The number of hydrogen-bond acceptors (Lipinski definition) is 4. The maximum Gasteiger partial charge on any atom is 0.338 e. The molecule has 0 bridgehead atoms. The van der Waals surface area contributed by atoms with Gasteiger partial charge < -0.3 is 9.47 Å². The van der Waals surface area contributed by atoms with Crippen LogP contribution in [0, 0.1) is 0 Å². The third-order valence-corrected chi connectivity index (χ3v) is 2.78. The number of carbonyl (C=O) groups excluding carboxylic acids is 1. The summed E-state index contributed by atoms with van der Waals surface area (Å²) in [7, 11) is 0. The van der Waals surface area contributed by atoms with Crippen LogP contribution in [0.3, 0.4) is 0 Å². The Balaban J connectivity index is 1.93. The van der Waals surface area contributed by atoms with Crippen LogP contribution in [0.4, 0.5) is 0 Å². The lowest BCUT2D eigenvalue weighted by molar-refractivity contribution is 0.0526. The molecule has 0 unspecified atom stereocenters. The number of nitrogens with zero attached hydrogens (tertiary/aromatic N) is 1. The van der Waals surface area contributed by atoms with Gasteiger partial charge in [-0.3, -0.25) is 0 Å². The number of rotatable bonds is 5. The molecular weight excluding hydrogens is 278 g/mol. The minimum absolute atomic E-state index is 0.332. The van der Waals surface area contributed by atoms with Crippen LogP contribution in [-0.4, -0.2) is 17.6 Å². The minimum Gasteiger partial charge on any atom is -0.489 e. The standard InChI is InChI=1S/C15H14ClNO3/c1-2-19-15(18)12-4-6-13(7-5-12)20-10-11-3-8-14(16)17-9-11/h3-9H,2,10H2,1H3. The van der Waals surface area contributed by atoms with Gasteiger partial charge in [-0.2, -0.15) is 0 Å². The van der Waals surface area contributed by atoms with E-state index in [1.54, 1.807) is 43.5 Å². The summed E-state index contributed by atoms with van der Waals surface area (Å²) in [6.07, 6.45) is 1.66. The van der Waals surface area contributed by atoms with Gasteiger partial charge in [0.15, 0.2) is 0 Å². The third-order valence-electron chi connectivity index (χ3n) is 2.56. The summed E-state index contributed by atoms with van der Waals surface area (Å²) in [6, 6.07) is 10.4. The first-order chi connectivity index (χ1) is 9.69. The maximum absolute atomic E-state index is 11.5. The van der Waals surface area contributed by atoms with Gasteiger partial charge in [0.25, 0.3) is 0 Å². The van der Waals surface area contributed by atoms with Crippen LogP contribution in [0.5, 0.6) is 5.75 Å². The molecule has 1 aromatic carbocycles. The maximum atomic E-state index is 11.5. The summed E-state index contributed by atoms with van der Waals surface area (Å²) in [6.45, 7) is 2.53. The molecule has 0 aliphatic rings. The van der Waals surface area contributed by atoms with E-state index < -0.39 is 0 Å². The second kappa shape index (κ2) is 6.91. The average molecular weight is 292 g/mol. The normalized spacial score (nSPS) is 10.1. The fraction of sp³-hybridized carbons (Fsp3) is 0.200. The predicted octanol–water partition coefficient (Wildman–Crippen LogP) is 3.49. The van der Waals surface area contributed by atoms with Gasteiger partial charge in [-0.1, -0.05) is 17.7 Å². The second-order valence-corrected chi connectivity index (χ2v) is 4.41. The van der Waals surface area contributed by atoms with Gasteiger partial charge in [0.2, 0.25) is 0 Å². The smallest absolute Gasteiger partial charge is 0.338 e. The molecule has 0 saturated heterocycles. The highest BCUT2D eigenvalue weighted by Gasteiger charge is 2.06. The number of aromatic nitrogens is 1. The van der Waals surface area contributed by atoms with Crippen LogP contribution in [0.2, 0.25) is 5.15 Å². The van der Waals surface area contributed by atoms with Crippen LogP contribution in [0.1, 0.15) is 22.8 Å². The summed E-state index contributed by atoms with van der Waals surface area (Å²) in [4.78, 5) is 15.5. The fourth-order valence-corrected chi connectivity index (χ4v) is 1.67. The van der Waals surface area contributed by atoms with E-state index in [1.807, 2.05) is 6.07 Å². The zero-order chi connectivity index (χ0) is 14.4. The average Bonchev–Trinajstić information content (AvgIpc) is 2.47. The molecular formula is C15H14ClNO3. The zero-order valence-electron chi connectivity index (χ0n) is 11.0. The molecule has 0 amide bonds. The van der Waals surface area contributed by atoms with E-state index in [-0.39, 0.29) is 5.97 Å². The largest absolute Gasteiger partial charge is 0.489 e. The molecule has 0 atom stereocenters. The van der Waals surface area contributed by atoms with Gasteiger partial charge >= 0.3 is 5.97 Å². The van der Waals surface area contributed by atoms with Crippen molar-refractivity contribution in [2.75, 3.05) is 6.61 Å². The highest BCUT2D eigenvalue weighted by molar-refractivity contribution is 6.29. The second-order valence-electron chi connectivity index (χ2n) is 4.02. The van der Waals surface area contributed by atoms with Crippen molar-refractivity contribution in [2.24, 2.45) is 0 Å². The molecule has 0 spiro atoms. The molecule has 2 rings (SSSR count). The zero-order valence-corrected chi connectivity index (χ0v) is 11.8. The quantitative estimate of drug-likeness (QED) is 0.625. The van der Waals surface area contributed by atoms with Gasteiger partial charge in [0, 0.05) is 11.8 Å². The van der Waals surface area contributed by atoms with Crippen LogP contribution in [-0.2, 0) is 11.3 Å². The summed E-state index contributed by atoms with van der Waals surface area (Å²) in [5.41, 5.74) is 1.43. The van der Waals surface area contributed by atoms with Crippen molar-refractivity contribution in [1.82, 2.24) is 4.98 Å². The first-order valence-corrected chi connectivity index (χ1v) is 6.57. The first-order valence-electron chi connectivity index (χ1n) is 6.19. The van der Waals surface area contributed by atoms with E-state index in [0.717, 1.165) is 5.56 Å². The molecule has 4 nitrogen and oxygen atoms in total. The van der Waals surface area contributed by atoms with Gasteiger partial charge in [-0.25, -0.2) is 9.78 Å². The summed E-state index contributed by atoms with van der Waals surface area (Å²) in [5, 5.41) is 0.451. The van der Waals surface area contributed by atoms with Crippen molar-refractivity contribution >= 4 is 17.6 Å². The van der Waals surface area contributed by atoms with Gasteiger partial charge in [-0.15, -0.1) is 0 Å². The molecule has 0 aliphatic heterocycles. The number of benzene rings is 1. The topological polar surface area (TPSA) is 48.4 Å². The minimum atomic E-state index is -0.332. The molecule has 0 fully saturated rings. The Morgan fingerprint density at radius 1 is 1.20 bits per heavy atom. The Hall–Kier alpha value is -2.07. The Labute approximate surface area is 122 Å². The molecule has 5 heteroatoms. The highest BCUT2D eigenvalue weighted by atomic mass is 35.5. The van der Waals surface area contributed by atoms with E-state index >= 15 is 0 Å². The summed E-state index contributed by atoms with van der Waals surface area (Å²) in [5.74, 6) is 0.342. The number of hydrogen-bond donors (Lipinski definition) is 0. The van der Waals surface area contributed by atoms with Crippen molar-refractivity contribution in [3.05, 3.63) is 58.9 Å². The summed E-state index contributed by atoms with van der Waals surface area (Å²) >= 11 is 5.71. The monoisotopic (exact) mass is 291 g/mol. The first kappa shape index (κ1) is 14.3. The van der Waals surface area contributed by atoms with Gasteiger partial charge in [-0.05, 0) is 37.3 Å². The molecule has 0 N–H and O–H groups in total. The van der Waals surface area contributed by atoms with E-state index in [4.69, 9.17) is 21.1 Å². The summed E-state index contributed by atoms with van der Waals surface area (Å²) < 4.78 is 10.5. The molecule has 1 heterocycles. The fourth-order valence-electron chi connectivity index (χ4n) is 1.56. The van der Waals surface area contributed by atoms with Crippen molar-refractivity contribution in [3.63, 3.8) is 0 Å². The van der Waals surface area contributed by atoms with Crippen molar-refractivity contribution in [1.29, 1.82) is 0 Å². The lowest BCUT2D eigenvalue weighted by atomic mass is 10.2. The Morgan fingerprint density at radius 2 is 1.95 bits per heavy atom. The lowest BCUT2D eigenvalue weighted by Gasteiger charge is -2.07. The van der Waals surface area contributed by atoms with E-state index in [1.165, 1.54) is 0 Å². The Bertz CT molecular complexity index is 567. The molecule has 20 heavy (non-hydrogen) atoms. The predicted molar refractivity (Wildman–Crippen MR) is 76.0 cm³/mol.